The van der Waals surface area contributed by atoms with Crippen molar-refractivity contribution in [2.24, 2.45) is 0 Å². The van der Waals surface area contributed by atoms with Gasteiger partial charge >= 0.3 is 0 Å². The lowest BCUT2D eigenvalue weighted by atomic mass is 10.1. The molecule has 5 nitrogen and oxygen atoms in total. The number of aryl methyl sites for hydroxylation is 1. The number of hydrogen-bond donors (Lipinski definition) is 0. The lowest BCUT2D eigenvalue weighted by Crippen LogP contribution is -2.43. The standard InChI is InChI=1S/C14H20FN3O2S/c1-11-9-14(15)6-5-13(11)10-17(3)21(19,20)18(4)12(2)7-8-16/h5-6,9,12H,7,10H2,1-4H3. The third kappa shape index (κ3) is 4.24. The van der Waals surface area contributed by atoms with Gasteiger partial charge < -0.3 is 0 Å². The molecule has 0 bridgehead atoms. The van der Waals surface area contributed by atoms with Crippen LogP contribution in [0.5, 0.6) is 0 Å². The van der Waals surface area contributed by atoms with Crippen molar-refractivity contribution in [3.05, 3.63) is 35.1 Å². The predicted octanol–water partition coefficient (Wildman–Crippen LogP) is 2.04. The molecule has 21 heavy (non-hydrogen) atoms. The Morgan fingerprint density at radius 3 is 2.52 bits per heavy atom. The van der Waals surface area contributed by atoms with Crippen LogP contribution in [0.3, 0.4) is 0 Å². The molecule has 0 saturated heterocycles. The van der Waals surface area contributed by atoms with E-state index < -0.39 is 16.3 Å². The van der Waals surface area contributed by atoms with E-state index in [1.807, 2.05) is 6.07 Å². The molecule has 7 heteroatoms. The smallest absolute Gasteiger partial charge is 0.207 e. The average molecular weight is 313 g/mol. The van der Waals surface area contributed by atoms with Gasteiger partial charge in [0, 0.05) is 26.7 Å². The maximum Gasteiger partial charge on any atom is 0.282 e. The van der Waals surface area contributed by atoms with Crippen LogP contribution in [0.1, 0.15) is 24.5 Å². The molecule has 0 fully saturated rings. The molecular formula is C14H20FN3O2S. The molecule has 0 amide bonds. The minimum Gasteiger partial charge on any atom is -0.207 e. The molecule has 0 aliphatic carbocycles. The molecule has 0 aliphatic rings. The molecule has 1 aromatic carbocycles. The summed E-state index contributed by atoms with van der Waals surface area (Å²) in [6, 6.07) is 5.81. The van der Waals surface area contributed by atoms with E-state index >= 15 is 0 Å². The molecule has 1 aromatic rings. The van der Waals surface area contributed by atoms with E-state index in [4.69, 9.17) is 5.26 Å². The predicted molar refractivity (Wildman–Crippen MR) is 79.0 cm³/mol. The minimum atomic E-state index is -3.66. The highest BCUT2D eigenvalue weighted by Gasteiger charge is 2.27. The van der Waals surface area contributed by atoms with Crippen LogP contribution < -0.4 is 0 Å². The second-order valence-corrected chi connectivity index (χ2v) is 7.16. The molecule has 1 rings (SSSR count). The van der Waals surface area contributed by atoms with E-state index in [-0.39, 0.29) is 18.8 Å². The first-order chi connectivity index (χ1) is 9.70. The van der Waals surface area contributed by atoms with Crippen molar-refractivity contribution in [2.45, 2.75) is 32.9 Å². The first kappa shape index (κ1) is 17.6. The van der Waals surface area contributed by atoms with E-state index in [0.29, 0.717) is 5.56 Å². The molecule has 0 heterocycles. The monoisotopic (exact) mass is 313 g/mol. The minimum absolute atomic E-state index is 0.124. The normalized spacial score (nSPS) is 13.4. The summed E-state index contributed by atoms with van der Waals surface area (Å²) in [4.78, 5) is 0. The number of nitrogens with zero attached hydrogens (tertiary/aromatic N) is 3. The fraction of sp³-hybridized carbons (Fsp3) is 0.500. The van der Waals surface area contributed by atoms with Gasteiger partial charge in [0.15, 0.2) is 0 Å². The zero-order chi connectivity index (χ0) is 16.2. The van der Waals surface area contributed by atoms with Crippen LogP contribution >= 0.6 is 0 Å². The summed E-state index contributed by atoms with van der Waals surface area (Å²) < 4.78 is 40.2. The van der Waals surface area contributed by atoms with Gasteiger partial charge in [-0.05, 0) is 37.1 Å². The van der Waals surface area contributed by atoms with Gasteiger partial charge in [0.05, 0.1) is 12.5 Å². The van der Waals surface area contributed by atoms with E-state index in [2.05, 4.69) is 0 Å². The molecule has 0 aliphatic heterocycles. The first-order valence-electron chi connectivity index (χ1n) is 6.51. The van der Waals surface area contributed by atoms with Gasteiger partial charge in [-0.3, -0.25) is 0 Å². The highest BCUT2D eigenvalue weighted by Crippen LogP contribution is 2.17. The average Bonchev–Trinajstić information content (AvgIpc) is 2.41. The maximum absolute atomic E-state index is 13.1. The summed E-state index contributed by atoms with van der Waals surface area (Å²) in [6.07, 6.45) is 0.124. The van der Waals surface area contributed by atoms with Crippen molar-refractivity contribution >= 4 is 10.2 Å². The van der Waals surface area contributed by atoms with Crippen LogP contribution in [0.4, 0.5) is 4.39 Å². The Labute approximate surface area is 125 Å². The van der Waals surface area contributed by atoms with Crippen molar-refractivity contribution < 1.29 is 12.8 Å². The summed E-state index contributed by atoms with van der Waals surface area (Å²) >= 11 is 0. The fourth-order valence-electron chi connectivity index (χ4n) is 1.87. The van der Waals surface area contributed by atoms with Crippen LogP contribution in [0, 0.1) is 24.1 Å². The second-order valence-electron chi connectivity index (χ2n) is 5.06. The van der Waals surface area contributed by atoms with Crippen LogP contribution in [0.25, 0.3) is 0 Å². The molecule has 0 saturated carbocycles. The van der Waals surface area contributed by atoms with Crippen LogP contribution in [0.15, 0.2) is 18.2 Å². The molecule has 0 N–H and O–H groups in total. The Balaban J connectivity index is 2.91. The molecular weight excluding hydrogens is 293 g/mol. The summed E-state index contributed by atoms with van der Waals surface area (Å²) in [5.74, 6) is -0.346. The van der Waals surface area contributed by atoms with Gasteiger partial charge in [-0.15, -0.1) is 0 Å². The summed E-state index contributed by atoms with van der Waals surface area (Å²) in [6.45, 7) is 3.57. The molecule has 0 radical (unpaired) electrons. The number of benzene rings is 1. The zero-order valence-electron chi connectivity index (χ0n) is 12.7. The van der Waals surface area contributed by atoms with Gasteiger partial charge in [-0.2, -0.15) is 22.3 Å². The van der Waals surface area contributed by atoms with Crippen molar-refractivity contribution in [2.75, 3.05) is 14.1 Å². The Morgan fingerprint density at radius 1 is 1.38 bits per heavy atom. The topological polar surface area (TPSA) is 64.4 Å². The Kier molecular flexibility index (Phi) is 5.84. The van der Waals surface area contributed by atoms with Crippen LogP contribution in [-0.4, -0.2) is 37.2 Å². The largest absolute Gasteiger partial charge is 0.282 e. The summed E-state index contributed by atoms with van der Waals surface area (Å²) in [7, 11) is -0.748. The van der Waals surface area contributed by atoms with Crippen LogP contribution in [-0.2, 0) is 16.8 Å². The van der Waals surface area contributed by atoms with E-state index in [0.717, 1.165) is 5.56 Å². The number of halogens is 1. The molecule has 0 spiro atoms. The number of rotatable bonds is 6. The zero-order valence-corrected chi connectivity index (χ0v) is 13.5. The molecule has 116 valence electrons. The van der Waals surface area contributed by atoms with Gasteiger partial charge in [-0.25, -0.2) is 4.39 Å². The van der Waals surface area contributed by atoms with E-state index in [1.54, 1.807) is 19.9 Å². The summed E-state index contributed by atoms with van der Waals surface area (Å²) in [5.41, 5.74) is 1.44. The van der Waals surface area contributed by atoms with Gasteiger partial charge in [0.25, 0.3) is 10.2 Å². The Bertz CT molecular complexity index is 640. The van der Waals surface area contributed by atoms with Crippen molar-refractivity contribution in [1.29, 1.82) is 5.26 Å². The first-order valence-corrected chi connectivity index (χ1v) is 7.91. The Morgan fingerprint density at radius 2 is 2.00 bits per heavy atom. The van der Waals surface area contributed by atoms with Crippen molar-refractivity contribution in [3.8, 4) is 6.07 Å². The van der Waals surface area contributed by atoms with Gasteiger partial charge in [-0.1, -0.05) is 6.07 Å². The van der Waals surface area contributed by atoms with Crippen LogP contribution in [0.2, 0.25) is 0 Å². The molecule has 1 atom stereocenters. The maximum atomic E-state index is 13.1. The number of nitriles is 1. The van der Waals surface area contributed by atoms with Gasteiger partial charge in [0.2, 0.25) is 0 Å². The Hall–Kier alpha value is -1.49. The number of hydrogen-bond acceptors (Lipinski definition) is 3. The quantitative estimate of drug-likeness (QED) is 0.807. The lowest BCUT2D eigenvalue weighted by Gasteiger charge is -2.28. The third-order valence-electron chi connectivity index (χ3n) is 3.46. The van der Waals surface area contributed by atoms with E-state index in [1.165, 1.54) is 34.8 Å². The van der Waals surface area contributed by atoms with Crippen molar-refractivity contribution in [3.63, 3.8) is 0 Å². The highest BCUT2D eigenvalue weighted by molar-refractivity contribution is 7.86. The fourth-order valence-corrected chi connectivity index (χ4v) is 3.14. The third-order valence-corrected chi connectivity index (χ3v) is 5.47. The SMILES string of the molecule is Cc1cc(F)ccc1CN(C)S(=O)(=O)N(C)C(C)CC#N. The summed E-state index contributed by atoms with van der Waals surface area (Å²) in [5, 5.41) is 8.67. The molecule has 1 unspecified atom stereocenters. The highest BCUT2D eigenvalue weighted by atomic mass is 32.2. The van der Waals surface area contributed by atoms with Gasteiger partial charge in [0.1, 0.15) is 5.82 Å². The lowest BCUT2D eigenvalue weighted by molar-refractivity contribution is 0.344. The molecule has 0 aromatic heterocycles. The van der Waals surface area contributed by atoms with Crippen molar-refractivity contribution in [1.82, 2.24) is 8.61 Å². The van der Waals surface area contributed by atoms with E-state index in [9.17, 15) is 12.8 Å². The second kappa shape index (κ2) is 6.98.